The van der Waals surface area contributed by atoms with E-state index < -0.39 is 16.0 Å². The molecule has 8 nitrogen and oxygen atoms in total. The summed E-state index contributed by atoms with van der Waals surface area (Å²) in [6.07, 6.45) is 1.29. The number of carbonyl (C=O) groups excluding carboxylic acids is 1. The van der Waals surface area contributed by atoms with Crippen LogP contribution in [0.4, 0.5) is 5.69 Å². The molecule has 1 heterocycles. The second-order valence-corrected chi connectivity index (χ2v) is 7.80. The fourth-order valence-electron chi connectivity index (χ4n) is 2.72. The number of rotatable bonds is 7. The second-order valence-electron chi connectivity index (χ2n) is 6.03. The first-order chi connectivity index (χ1) is 13.4. The van der Waals surface area contributed by atoms with E-state index in [4.69, 9.17) is 10.5 Å². The number of hydrogen-bond donors (Lipinski definition) is 1. The summed E-state index contributed by atoms with van der Waals surface area (Å²) >= 11 is 0. The Balaban J connectivity index is 1.94. The third-order valence-electron chi connectivity index (χ3n) is 4.07. The molecular formula is C19H20N4O4S. The third kappa shape index (κ3) is 4.20. The van der Waals surface area contributed by atoms with E-state index in [1.807, 2.05) is 30.3 Å². The molecule has 0 aliphatic heterocycles. The lowest BCUT2D eigenvalue weighted by Gasteiger charge is -2.11. The summed E-state index contributed by atoms with van der Waals surface area (Å²) in [6.45, 7) is 1.86. The fraction of sp³-hybridized carbons (Fsp3) is 0.211. The van der Waals surface area contributed by atoms with E-state index in [-0.39, 0.29) is 23.7 Å². The van der Waals surface area contributed by atoms with Crippen molar-refractivity contribution in [3.63, 3.8) is 0 Å². The van der Waals surface area contributed by atoms with Gasteiger partial charge in [-0.15, -0.1) is 9.19 Å². The van der Waals surface area contributed by atoms with Gasteiger partial charge >= 0.3 is 5.97 Å². The van der Waals surface area contributed by atoms with Gasteiger partial charge in [0.1, 0.15) is 12.7 Å². The zero-order valence-electron chi connectivity index (χ0n) is 15.3. The Morgan fingerprint density at radius 3 is 2.64 bits per heavy atom. The molecule has 2 N–H and O–H groups in total. The van der Waals surface area contributed by atoms with Crippen molar-refractivity contribution in [1.82, 2.24) is 14.2 Å². The van der Waals surface area contributed by atoms with Crippen LogP contribution in [0.5, 0.6) is 0 Å². The summed E-state index contributed by atoms with van der Waals surface area (Å²) in [6, 6.07) is 14.1. The minimum absolute atomic E-state index is 0.0140. The third-order valence-corrected chi connectivity index (χ3v) is 5.68. The lowest BCUT2D eigenvalue weighted by Crippen LogP contribution is -2.20. The molecule has 0 bridgehead atoms. The number of benzene rings is 2. The maximum absolute atomic E-state index is 13.0. The molecule has 0 fully saturated rings. The predicted molar refractivity (Wildman–Crippen MR) is 103 cm³/mol. The highest BCUT2D eigenvalue weighted by atomic mass is 32.2. The number of nitrogen functional groups attached to an aromatic ring is 1. The molecule has 0 aliphatic carbocycles. The number of carbonyl (C=O) groups is 1. The number of nitrogens with two attached hydrogens (primary N) is 1. The van der Waals surface area contributed by atoms with Gasteiger partial charge < -0.3 is 10.5 Å². The first-order valence-corrected chi connectivity index (χ1v) is 10.1. The zero-order valence-corrected chi connectivity index (χ0v) is 16.1. The summed E-state index contributed by atoms with van der Waals surface area (Å²) in [5, 5.41) is 3.79. The molecular weight excluding hydrogens is 380 g/mol. The summed E-state index contributed by atoms with van der Waals surface area (Å²) < 4.78 is 31.7. The van der Waals surface area contributed by atoms with Crippen LogP contribution in [0, 0.1) is 0 Å². The monoisotopic (exact) mass is 400 g/mol. The van der Waals surface area contributed by atoms with Crippen LogP contribution in [0.1, 0.15) is 23.9 Å². The molecule has 1 aromatic heterocycles. The first kappa shape index (κ1) is 19.6. The number of ether oxygens (including phenoxy) is 1. The Morgan fingerprint density at radius 2 is 1.93 bits per heavy atom. The van der Waals surface area contributed by atoms with Crippen molar-refractivity contribution in [2.75, 3.05) is 12.3 Å². The van der Waals surface area contributed by atoms with Crippen molar-refractivity contribution in [2.45, 2.75) is 24.7 Å². The van der Waals surface area contributed by atoms with E-state index in [1.165, 1.54) is 12.1 Å². The van der Waals surface area contributed by atoms with Crippen molar-refractivity contribution in [1.29, 1.82) is 0 Å². The largest absolute Gasteiger partial charge is 0.466 e. The summed E-state index contributed by atoms with van der Waals surface area (Å²) in [4.78, 5) is 15.6. The van der Waals surface area contributed by atoms with Crippen LogP contribution in [-0.4, -0.2) is 35.2 Å². The highest BCUT2D eigenvalue weighted by molar-refractivity contribution is 7.89. The Hall–Kier alpha value is -3.20. The average molecular weight is 400 g/mol. The topological polar surface area (TPSA) is 117 Å². The van der Waals surface area contributed by atoms with E-state index in [1.54, 1.807) is 13.0 Å². The second kappa shape index (κ2) is 8.22. The van der Waals surface area contributed by atoms with Crippen LogP contribution in [0.15, 0.2) is 59.8 Å². The molecule has 0 spiro atoms. The van der Waals surface area contributed by atoms with E-state index in [0.29, 0.717) is 17.7 Å². The normalized spacial score (nSPS) is 11.3. The molecule has 28 heavy (non-hydrogen) atoms. The molecule has 0 saturated heterocycles. The minimum atomic E-state index is -4.04. The quantitative estimate of drug-likeness (QED) is 0.474. The number of hydrogen-bond acceptors (Lipinski definition) is 7. The SMILES string of the molecule is CCOC(=O)Cc1ncnn1S(=O)(=O)c1ccc(N)c(Cc2ccccc2)c1. The smallest absolute Gasteiger partial charge is 0.313 e. The van der Waals surface area contributed by atoms with Gasteiger partial charge in [-0.25, -0.2) is 4.98 Å². The van der Waals surface area contributed by atoms with Crippen molar-refractivity contribution < 1.29 is 17.9 Å². The van der Waals surface area contributed by atoms with Gasteiger partial charge in [0.2, 0.25) is 0 Å². The highest BCUT2D eigenvalue weighted by Gasteiger charge is 2.24. The van der Waals surface area contributed by atoms with Gasteiger partial charge in [-0.2, -0.15) is 8.42 Å². The number of anilines is 1. The Bertz CT molecular complexity index is 1080. The van der Waals surface area contributed by atoms with Crippen LogP contribution in [0.2, 0.25) is 0 Å². The molecule has 0 saturated carbocycles. The van der Waals surface area contributed by atoms with Gasteiger partial charge in [-0.1, -0.05) is 30.3 Å². The van der Waals surface area contributed by atoms with E-state index in [9.17, 15) is 13.2 Å². The highest BCUT2D eigenvalue weighted by Crippen LogP contribution is 2.23. The molecule has 0 unspecified atom stereocenters. The average Bonchev–Trinajstić information content (AvgIpc) is 3.13. The van der Waals surface area contributed by atoms with E-state index in [0.717, 1.165) is 16.0 Å². The van der Waals surface area contributed by atoms with Crippen molar-refractivity contribution in [3.8, 4) is 0 Å². The molecule has 9 heteroatoms. The molecule has 2 aromatic carbocycles. The standard InChI is InChI=1S/C19H20N4O4S/c1-2-27-19(24)12-18-21-13-22-23(18)28(25,26)16-8-9-17(20)15(11-16)10-14-6-4-3-5-7-14/h3-9,11,13H,2,10,12,20H2,1H3. The molecule has 3 aromatic rings. The minimum Gasteiger partial charge on any atom is -0.466 e. The van der Waals surface area contributed by atoms with Crippen molar-refractivity contribution >= 4 is 21.7 Å². The predicted octanol–water partition coefficient (Wildman–Crippen LogP) is 1.79. The fourth-order valence-corrected chi connectivity index (χ4v) is 4.01. The van der Waals surface area contributed by atoms with Gasteiger partial charge in [-0.05, 0) is 42.7 Å². The first-order valence-electron chi connectivity index (χ1n) is 8.64. The number of aromatic nitrogens is 3. The molecule has 0 aliphatic rings. The Kier molecular flexibility index (Phi) is 5.74. The maximum Gasteiger partial charge on any atom is 0.313 e. The van der Waals surface area contributed by atoms with Gasteiger partial charge in [-0.3, -0.25) is 4.79 Å². The van der Waals surface area contributed by atoms with E-state index >= 15 is 0 Å². The van der Waals surface area contributed by atoms with Crippen molar-refractivity contribution in [2.24, 2.45) is 0 Å². The van der Waals surface area contributed by atoms with Gasteiger partial charge in [0, 0.05) is 5.69 Å². The van der Waals surface area contributed by atoms with Crippen LogP contribution in [0.25, 0.3) is 0 Å². The molecule has 146 valence electrons. The van der Waals surface area contributed by atoms with Crippen LogP contribution in [0.3, 0.4) is 0 Å². The van der Waals surface area contributed by atoms with Crippen LogP contribution in [-0.2, 0) is 32.4 Å². The number of esters is 1. The lowest BCUT2D eigenvalue weighted by molar-refractivity contribution is -0.142. The van der Waals surface area contributed by atoms with Crippen LogP contribution < -0.4 is 5.73 Å². The number of nitrogens with zero attached hydrogens (tertiary/aromatic N) is 3. The van der Waals surface area contributed by atoms with Gasteiger partial charge in [0.15, 0.2) is 5.82 Å². The summed E-state index contributed by atoms with van der Waals surface area (Å²) in [7, 11) is -4.04. The molecule has 0 amide bonds. The molecule has 0 radical (unpaired) electrons. The Labute approximate surface area is 163 Å². The van der Waals surface area contributed by atoms with E-state index in [2.05, 4.69) is 10.1 Å². The van der Waals surface area contributed by atoms with Gasteiger partial charge in [0.25, 0.3) is 10.0 Å². The van der Waals surface area contributed by atoms with Crippen LogP contribution >= 0.6 is 0 Å². The summed E-state index contributed by atoms with van der Waals surface area (Å²) in [5.41, 5.74) is 8.22. The van der Waals surface area contributed by atoms with Crippen molar-refractivity contribution in [3.05, 3.63) is 71.8 Å². The zero-order chi connectivity index (χ0) is 20.1. The molecule has 3 rings (SSSR count). The summed E-state index contributed by atoms with van der Waals surface area (Å²) in [5.74, 6) is -0.589. The maximum atomic E-state index is 13.0. The Morgan fingerprint density at radius 1 is 1.18 bits per heavy atom. The molecule has 0 atom stereocenters. The lowest BCUT2D eigenvalue weighted by atomic mass is 10.0. The van der Waals surface area contributed by atoms with Gasteiger partial charge in [0.05, 0.1) is 11.5 Å².